The van der Waals surface area contributed by atoms with Crippen LogP contribution in [0.3, 0.4) is 0 Å². The maximum atomic E-state index is 8.84. The number of likely N-dealkylation sites (N-methyl/N-ethyl adjacent to an activating group) is 1. The normalized spacial score (nSPS) is 11.1. The molecule has 0 rings (SSSR count). The predicted molar refractivity (Wildman–Crippen MR) is 66.7 cm³/mol. The van der Waals surface area contributed by atoms with E-state index in [9.17, 15) is 0 Å². The summed E-state index contributed by atoms with van der Waals surface area (Å²) in [5, 5.41) is 8.84. The third kappa shape index (κ3) is 8.88. The molecule has 0 unspecified atom stereocenters. The van der Waals surface area contributed by atoms with Crippen molar-refractivity contribution < 1.29 is 5.11 Å². The minimum Gasteiger partial charge on any atom is -0.513 e. The third-order valence-corrected chi connectivity index (χ3v) is 1.95. The maximum absolute atomic E-state index is 8.84. The molecule has 0 atom stereocenters. The Morgan fingerprint density at radius 3 is 2.47 bits per heavy atom. The van der Waals surface area contributed by atoms with Gasteiger partial charge in [-0.05, 0) is 18.9 Å². The monoisotopic (exact) mass is 207 g/mol. The summed E-state index contributed by atoms with van der Waals surface area (Å²) in [6.07, 6.45) is 10.6. The highest BCUT2D eigenvalue weighted by Crippen LogP contribution is 2.02. The van der Waals surface area contributed by atoms with Crippen LogP contribution in [0.4, 0.5) is 0 Å². The summed E-state index contributed by atoms with van der Waals surface area (Å²) in [4.78, 5) is 1.96. The van der Waals surface area contributed by atoms with Crippen LogP contribution in [0.2, 0.25) is 0 Å². The summed E-state index contributed by atoms with van der Waals surface area (Å²) >= 11 is 0. The molecule has 0 aromatic carbocycles. The molecular formula is C13H21NO. The summed E-state index contributed by atoms with van der Waals surface area (Å²) in [6.45, 7) is 7.30. The topological polar surface area (TPSA) is 23.5 Å². The first kappa shape index (κ1) is 13.6. The van der Waals surface area contributed by atoms with Crippen molar-refractivity contribution in [3.63, 3.8) is 0 Å². The number of rotatable bonds is 7. The Morgan fingerprint density at radius 1 is 1.27 bits per heavy atom. The van der Waals surface area contributed by atoms with Gasteiger partial charge in [0.15, 0.2) is 0 Å². The largest absolute Gasteiger partial charge is 0.513 e. The molecule has 0 aliphatic heterocycles. The van der Waals surface area contributed by atoms with Gasteiger partial charge in [0, 0.05) is 26.2 Å². The van der Waals surface area contributed by atoms with Gasteiger partial charge in [-0.1, -0.05) is 31.4 Å². The lowest BCUT2D eigenvalue weighted by atomic mass is 10.2. The summed E-state index contributed by atoms with van der Waals surface area (Å²) in [5.74, 6) is 0.264. The average Bonchev–Trinajstić information content (AvgIpc) is 2.15. The van der Waals surface area contributed by atoms with Gasteiger partial charge in [0.1, 0.15) is 0 Å². The second-order valence-electron chi connectivity index (χ2n) is 3.63. The Morgan fingerprint density at radius 2 is 1.93 bits per heavy atom. The van der Waals surface area contributed by atoms with Gasteiger partial charge in [0.25, 0.3) is 0 Å². The van der Waals surface area contributed by atoms with Gasteiger partial charge < -0.3 is 10.0 Å². The summed E-state index contributed by atoms with van der Waals surface area (Å²) in [5.41, 5.74) is 0.975. The van der Waals surface area contributed by atoms with Crippen LogP contribution < -0.4 is 0 Å². The number of aliphatic hydroxyl groups excluding tert-OH is 1. The van der Waals surface area contributed by atoms with Crippen LogP contribution in [-0.4, -0.2) is 24.1 Å². The van der Waals surface area contributed by atoms with Crippen LogP contribution in [0.25, 0.3) is 0 Å². The molecule has 0 radical (unpaired) electrons. The number of allylic oxidation sites excluding steroid dienone is 5. The summed E-state index contributed by atoms with van der Waals surface area (Å²) < 4.78 is 0. The van der Waals surface area contributed by atoms with Gasteiger partial charge in [0.2, 0.25) is 0 Å². The highest BCUT2D eigenvalue weighted by molar-refractivity contribution is 5.17. The van der Waals surface area contributed by atoms with Crippen LogP contribution in [0.15, 0.2) is 48.9 Å². The molecule has 2 heteroatoms. The number of hydrogen-bond acceptors (Lipinski definition) is 2. The molecular weight excluding hydrogens is 186 g/mol. The van der Waals surface area contributed by atoms with Crippen molar-refractivity contribution >= 4 is 0 Å². The molecule has 0 bridgehead atoms. The van der Waals surface area contributed by atoms with E-state index in [4.69, 9.17) is 5.11 Å². The van der Waals surface area contributed by atoms with Gasteiger partial charge >= 0.3 is 0 Å². The van der Waals surface area contributed by atoms with Crippen molar-refractivity contribution in [3.05, 3.63) is 48.9 Å². The van der Waals surface area contributed by atoms with Crippen molar-refractivity contribution in [2.75, 3.05) is 14.1 Å². The van der Waals surface area contributed by atoms with E-state index in [0.717, 1.165) is 18.5 Å². The van der Waals surface area contributed by atoms with Crippen molar-refractivity contribution in [3.8, 4) is 0 Å². The first-order valence-corrected chi connectivity index (χ1v) is 5.10. The van der Waals surface area contributed by atoms with Crippen molar-refractivity contribution in [2.24, 2.45) is 0 Å². The van der Waals surface area contributed by atoms with E-state index in [1.54, 1.807) is 0 Å². The van der Waals surface area contributed by atoms with E-state index < -0.39 is 0 Å². The lowest BCUT2D eigenvalue weighted by Gasteiger charge is -2.10. The number of unbranched alkanes of at least 4 members (excludes halogenated alkanes) is 1. The van der Waals surface area contributed by atoms with E-state index in [2.05, 4.69) is 19.2 Å². The first-order chi connectivity index (χ1) is 7.04. The quantitative estimate of drug-likeness (QED) is 0.393. The smallest absolute Gasteiger partial charge is 0.0851 e. The molecule has 0 amide bonds. The minimum atomic E-state index is 0.264. The molecule has 2 nitrogen and oxygen atoms in total. The minimum absolute atomic E-state index is 0.264. The fourth-order valence-corrected chi connectivity index (χ4v) is 0.914. The molecule has 15 heavy (non-hydrogen) atoms. The van der Waals surface area contributed by atoms with Crippen molar-refractivity contribution in [1.82, 2.24) is 4.90 Å². The number of nitrogens with zero attached hydrogens (tertiary/aromatic N) is 1. The Kier molecular flexibility index (Phi) is 7.16. The molecule has 1 N–H and O–H groups in total. The second kappa shape index (κ2) is 7.92. The van der Waals surface area contributed by atoms with E-state index in [0.29, 0.717) is 6.42 Å². The fourth-order valence-electron chi connectivity index (χ4n) is 0.914. The van der Waals surface area contributed by atoms with E-state index >= 15 is 0 Å². The molecule has 0 saturated heterocycles. The van der Waals surface area contributed by atoms with E-state index in [1.165, 1.54) is 0 Å². The highest BCUT2D eigenvalue weighted by Gasteiger charge is 1.87. The summed E-state index contributed by atoms with van der Waals surface area (Å²) in [6, 6.07) is 0. The molecule has 0 aliphatic rings. The zero-order chi connectivity index (χ0) is 11.7. The number of aliphatic hydroxyl groups is 1. The SMILES string of the molecule is C=C(O)CCC/C=C\C=C/C(=C)N(C)C. The first-order valence-electron chi connectivity index (χ1n) is 5.10. The van der Waals surface area contributed by atoms with Crippen LogP contribution in [0, 0.1) is 0 Å². The number of hydrogen-bond donors (Lipinski definition) is 1. The molecule has 0 saturated carbocycles. The molecule has 0 fully saturated rings. The van der Waals surface area contributed by atoms with Crippen LogP contribution in [0.1, 0.15) is 19.3 Å². The molecule has 84 valence electrons. The highest BCUT2D eigenvalue weighted by atomic mass is 16.3. The zero-order valence-corrected chi connectivity index (χ0v) is 9.74. The average molecular weight is 207 g/mol. The van der Waals surface area contributed by atoms with E-state index in [-0.39, 0.29) is 5.76 Å². The van der Waals surface area contributed by atoms with Gasteiger partial charge in [-0.3, -0.25) is 0 Å². The van der Waals surface area contributed by atoms with Crippen molar-refractivity contribution in [1.29, 1.82) is 0 Å². The Balaban J connectivity index is 3.62. The Labute approximate surface area is 92.9 Å². The maximum Gasteiger partial charge on any atom is 0.0851 e. The van der Waals surface area contributed by atoms with Crippen LogP contribution >= 0.6 is 0 Å². The molecule has 0 aliphatic carbocycles. The predicted octanol–water partition coefficient (Wildman–Crippen LogP) is 3.42. The van der Waals surface area contributed by atoms with E-state index in [1.807, 2.05) is 37.2 Å². The molecule has 0 heterocycles. The van der Waals surface area contributed by atoms with Gasteiger partial charge in [-0.25, -0.2) is 0 Å². The van der Waals surface area contributed by atoms with Crippen LogP contribution in [0.5, 0.6) is 0 Å². The van der Waals surface area contributed by atoms with Gasteiger partial charge in [-0.2, -0.15) is 0 Å². The lowest BCUT2D eigenvalue weighted by Crippen LogP contribution is -2.07. The van der Waals surface area contributed by atoms with Crippen molar-refractivity contribution in [2.45, 2.75) is 19.3 Å². The molecule has 0 aromatic rings. The standard InChI is InChI=1S/C13H21NO/c1-12(14(3)4)10-8-6-5-7-9-11-13(2)15/h5-6,8,10,15H,1-2,7,9,11H2,3-4H3/b6-5-,10-8-. The van der Waals surface area contributed by atoms with Crippen LogP contribution in [-0.2, 0) is 0 Å². The Bertz CT molecular complexity index is 262. The molecule has 0 spiro atoms. The fraction of sp³-hybridized carbons (Fsp3) is 0.385. The van der Waals surface area contributed by atoms with Gasteiger partial charge in [-0.15, -0.1) is 0 Å². The molecule has 0 aromatic heterocycles. The lowest BCUT2D eigenvalue weighted by molar-refractivity contribution is 0.387. The second-order valence-corrected chi connectivity index (χ2v) is 3.63. The van der Waals surface area contributed by atoms with Gasteiger partial charge in [0.05, 0.1) is 5.76 Å². The zero-order valence-electron chi connectivity index (χ0n) is 9.74. The Hall–Kier alpha value is -1.44. The third-order valence-electron chi connectivity index (χ3n) is 1.95. The summed E-state index contributed by atoms with van der Waals surface area (Å²) in [7, 11) is 3.92.